The number of fused-ring (bicyclic) bond motifs is 1. The zero-order valence-electron chi connectivity index (χ0n) is 16.0. The molecule has 0 spiro atoms. The third-order valence-corrected chi connectivity index (χ3v) is 4.91. The minimum Gasteiger partial charge on any atom is -0.478 e. The van der Waals surface area contributed by atoms with Crippen LogP contribution in [0.25, 0.3) is 10.8 Å². The third-order valence-electron chi connectivity index (χ3n) is 4.67. The third kappa shape index (κ3) is 4.73. The summed E-state index contributed by atoms with van der Waals surface area (Å²) in [4.78, 5) is 11.9. The molecule has 0 radical (unpaired) electrons. The van der Waals surface area contributed by atoms with Crippen LogP contribution in [0.3, 0.4) is 0 Å². The van der Waals surface area contributed by atoms with Crippen molar-refractivity contribution in [3.8, 4) is 17.2 Å². The van der Waals surface area contributed by atoms with E-state index in [1.165, 1.54) is 0 Å². The number of rotatable bonds is 7. The van der Waals surface area contributed by atoms with Crippen LogP contribution in [0, 0.1) is 0 Å². The van der Waals surface area contributed by atoms with Gasteiger partial charge in [-0.1, -0.05) is 60.1 Å². The summed E-state index contributed by atoms with van der Waals surface area (Å²) in [5.41, 5.74) is 0.652. The predicted molar refractivity (Wildman–Crippen MR) is 118 cm³/mol. The average molecular weight is 419 g/mol. The Bertz CT molecular complexity index is 1170. The normalized spacial score (nSPS) is 11.8. The highest BCUT2D eigenvalue weighted by molar-refractivity contribution is 6.30. The van der Waals surface area contributed by atoms with Crippen molar-refractivity contribution in [3.05, 3.63) is 102 Å². The van der Waals surface area contributed by atoms with Crippen LogP contribution in [0.1, 0.15) is 5.56 Å². The van der Waals surface area contributed by atoms with Gasteiger partial charge in [-0.3, -0.25) is 0 Å². The maximum absolute atomic E-state index is 11.9. The van der Waals surface area contributed by atoms with Crippen molar-refractivity contribution in [1.82, 2.24) is 0 Å². The van der Waals surface area contributed by atoms with Crippen LogP contribution in [0.4, 0.5) is 0 Å². The first-order valence-electron chi connectivity index (χ1n) is 9.48. The van der Waals surface area contributed by atoms with E-state index in [0.29, 0.717) is 27.8 Å². The molecule has 0 amide bonds. The molecule has 4 nitrogen and oxygen atoms in total. The number of ether oxygens (including phenoxy) is 2. The molecule has 30 heavy (non-hydrogen) atoms. The van der Waals surface area contributed by atoms with Crippen LogP contribution in [0.5, 0.6) is 17.2 Å². The van der Waals surface area contributed by atoms with Gasteiger partial charge in [0.05, 0.1) is 0 Å². The fourth-order valence-corrected chi connectivity index (χ4v) is 3.40. The number of aliphatic carboxylic acids is 1. The molecule has 0 saturated heterocycles. The van der Waals surface area contributed by atoms with Crippen LogP contribution in [0.15, 0.2) is 91.0 Å². The number of carbonyl (C=O) groups is 1. The lowest BCUT2D eigenvalue weighted by Crippen LogP contribution is -2.29. The minimum absolute atomic E-state index is 0.102. The standard InChI is InChI=1S/C25H19ClO4/c26-20-11-13-23(29-21-8-2-1-3-9-21)19(14-20)16-24(25(27)28)30-22-12-10-17-6-4-5-7-18(17)15-22/h1-15,24H,16H2,(H,27,28)/t24-/m1/s1. The molecule has 0 unspecified atom stereocenters. The Kier molecular flexibility index (Phi) is 5.87. The van der Waals surface area contributed by atoms with E-state index in [9.17, 15) is 9.90 Å². The molecule has 150 valence electrons. The summed E-state index contributed by atoms with van der Waals surface area (Å²) in [5.74, 6) is 0.629. The molecule has 4 aromatic rings. The first-order chi connectivity index (χ1) is 14.6. The molecule has 0 heterocycles. The van der Waals surface area contributed by atoms with Crippen LogP contribution >= 0.6 is 11.6 Å². The fraction of sp³-hybridized carbons (Fsp3) is 0.0800. The number of benzene rings is 4. The van der Waals surface area contributed by atoms with Crippen molar-refractivity contribution in [2.24, 2.45) is 0 Å². The smallest absolute Gasteiger partial charge is 0.345 e. The maximum atomic E-state index is 11.9. The number of hydrogen-bond donors (Lipinski definition) is 1. The van der Waals surface area contributed by atoms with Crippen LogP contribution < -0.4 is 9.47 Å². The van der Waals surface area contributed by atoms with Crippen molar-refractivity contribution < 1.29 is 19.4 Å². The number of hydrogen-bond acceptors (Lipinski definition) is 3. The molecular weight excluding hydrogens is 400 g/mol. The van der Waals surface area contributed by atoms with Gasteiger partial charge < -0.3 is 14.6 Å². The number of carboxylic acids is 1. The molecular formula is C25H19ClO4. The molecule has 0 aliphatic heterocycles. The molecule has 1 N–H and O–H groups in total. The Hall–Kier alpha value is -3.50. The van der Waals surface area contributed by atoms with Gasteiger partial charge in [-0.05, 0) is 53.2 Å². The van der Waals surface area contributed by atoms with E-state index in [2.05, 4.69) is 0 Å². The van der Waals surface area contributed by atoms with Gasteiger partial charge >= 0.3 is 5.97 Å². The topological polar surface area (TPSA) is 55.8 Å². The van der Waals surface area contributed by atoms with Crippen molar-refractivity contribution in [1.29, 1.82) is 0 Å². The summed E-state index contributed by atoms with van der Waals surface area (Å²) in [5, 5.41) is 12.3. The highest BCUT2D eigenvalue weighted by Gasteiger charge is 2.23. The summed E-state index contributed by atoms with van der Waals surface area (Å²) in [6, 6.07) is 27.8. The Balaban J connectivity index is 1.59. The highest BCUT2D eigenvalue weighted by Crippen LogP contribution is 2.30. The van der Waals surface area contributed by atoms with Gasteiger partial charge in [-0.25, -0.2) is 4.79 Å². The molecule has 5 heteroatoms. The lowest BCUT2D eigenvalue weighted by atomic mass is 10.1. The second kappa shape index (κ2) is 8.89. The van der Waals surface area contributed by atoms with Crippen molar-refractivity contribution in [2.75, 3.05) is 0 Å². The monoisotopic (exact) mass is 418 g/mol. The molecule has 0 fully saturated rings. The summed E-state index contributed by atoms with van der Waals surface area (Å²) >= 11 is 6.16. The summed E-state index contributed by atoms with van der Waals surface area (Å²) in [6.07, 6.45) is -0.993. The predicted octanol–water partition coefficient (Wildman–Crippen LogP) is 6.36. The lowest BCUT2D eigenvalue weighted by molar-refractivity contribution is -0.145. The minimum atomic E-state index is -1.09. The number of halogens is 1. The van der Waals surface area contributed by atoms with E-state index in [0.717, 1.165) is 10.8 Å². The Morgan fingerprint density at radius 2 is 1.57 bits per heavy atom. The SMILES string of the molecule is O=C(O)[C@@H](Cc1cc(Cl)ccc1Oc1ccccc1)Oc1ccc2ccccc2c1. The van der Waals surface area contributed by atoms with Gasteiger partial charge in [0.1, 0.15) is 17.2 Å². The first-order valence-corrected chi connectivity index (χ1v) is 9.86. The maximum Gasteiger partial charge on any atom is 0.345 e. The van der Waals surface area contributed by atoms with E-state index < -0.39 is 12.1 Å². The number of para-hydroxylation sites is 1. The zero-order chi connectivity index (χ0) is 20.9. The lowest BCUT2D eigenvalue weighted by Gasteiger charge is -2.18. The summed E-state index contributed by atoms with van der Waals surface area (Å²) in [6.45, 7) is 0. The van der Waals surface area contributed by atoms with Gasteiger partial charge in [-0.15, -0.1) is 0 Å². The highest BCUT2D eigenvalue weighted by atomic mass is 35.5. The van der Waals surface area contributed by atoms with Gasteiger partial charge in [0.15, 0.2) is 6.10 Å². The van der Waals surface area contributed by atoms with Crippen LogP contribution in [-0.2, 0) is 11.2 Å². The molecule has 1 atom stereocenters. The zero-order valence-corrected chi connectivity index (χ0v) is 16.8. The molecule has 0 saturated carbocycles. The van der Waals surface area contributed by atoms with E-state index in [-0.39, 0.29) is 6.42 Å². The van der Waals surface area contributed by atoms with E-state index in [4.69, 9.17) is 21.1 Å². The van der Waals surface area contributed by atoms with Gasteiger partial charge in [0.25, 0.3) is 0 Å². The average Bonchev–Trinajstić information content (AvgIpc) is 2.75. The Morgan fingerprint density at radius 1 is 0.833 bits per heavy atom. The van der Waals surface area contributed by atoms with Gasteiger partial charge in [0.2, 0.25) is 0 Å². The van der Waals surface area contributed by atoms with Gasteiger partial charge in [0, 0.05) is 17.0 Å². The van der Waals surface area contributed by atoms with E-state index in [1.807, 2.05) is 66.7 Å². The molecule has 0 aliphatic rings. The first kappa shape index (κ1) is 19.8. The van der Waals surface area contributed by atoms with Crippen molar-refractivity contribution in [3.63, 3.8) is 0 Å². The van der Waals surface area contributed by atoms with Crippen molar-refractivity contribution >= 4 is 28.3 Å². The van der Waals surface area contributed by atoms with Gasteiger partial charge in [-0.2, -0.15) is 0 Å². The Labute approximate surface area is 179 Å². The molecule has 0 aliphatic carbocycles. The van der Waals surface area contributed by atoms with E-state index in [1.54, 1.807) is 24.3 Å². The van der Waals surface area contributed by atoms with Crippen LogP contribution in [0.2, 0.25) is 5.02 Å². The van der Waals surface area contributed by atoms with E-state index >= 15 is 0 Å². The largest absolute Gasteiger partial charge is 0.478 e. The summed E-state index contributed by atoms with van der Waals surface area (Å²) in [7, 11) is 0. The van der Waals surface area contributed by atoms with Crippen molar-refractivity contribution in [2.45, 2.75) is 12.5 Å². The van der Waals surface area contributed by atoms with Crippen LogP contribution in [-0.4, -0.2) is 17.2 Å². The molecule has 0 aromatic heterocycles. The second-order valence-electron chi connectivity index (χ2n) is 6.82. The fourth-order valence-electron chi connectivity index (χ4n) is 3.21. The quantitative estimate of drug-likeness (QED) is 0.379. The molecule has 0 bridgehead atoms. The summed E-state index contributed by atoms with van der Waals surface area (Å²) < 4.78 is 11.8. The number of carboxylic acid groups (broad SMARTS) is 1. The Morgan fingerprint density at radius 3 is 2.33 bits per heavy atom. The molecule has 4 rings (SSSR count). The second-order valence-corrected chi connectivity index (χ2v) is 7.26. The molecule has 4 aromatic carbocycles.